The van der Waals surface area contributed by atoms with E-state index in [4.69, 9.17) is 40.6 Å². The van der Waals surface area contributed by atoms with Gasteiger partial charge in [0.1, 0.15) is 18.0 Å². The molecule has 2 fully saturated rings. The van der Waals surface area contributed by atoms with Crippen molar-refractivity contribution in [3.8, 4) is 11.1 Å². The number of carbonyl (C=O) groups is 1. The molecule has 12 heteroatoms. The van der Waals surface area contributed by atoms with Gasteiger partial charge in [-0.2, -0.15) is 5.10 Å². The van der Waals surface area contributed by atoms with Crippen LogP contribution in [-0.4, -0.2) is 63.5 Å². The van der Waals surface area contributed by atoms with Crippen molar-refractivity contribution in [1.82, 2.24) is 25.0 Å². The van der Waals surface area contributed by atoms with Crippen LogP contribution >= 0.6 is 11.6 Å². The summed E-state index contributed by atoms with van der Waals surface area (Å²) in [5.74, 6) is -0.352. The number of carbonyl (C=O) groups excluding carboxylic acids is 1. The quantitative estimate of drug-likeness (QED) is 0.0550. The first-order chi connectivity index (χ1) is 24.7. The number of aryl methyl sites for hydroxylation is 1. The number of hydrogen-bond donors (Lipinski definition) is 0. The Labute approximate surface area is 329 Å². The Hall–Kier alpha value is -2.54. The molecule has 2 bridgehead atoms. The lowest BCUT2D eigenvalue weighted by Gasteiger charge is -2.61. The average Bonchev–Trinajstić information content (AvgIpc) is 3.35. The van der Waals surface area contributed by atoms with Crippen LogP contribution in [-0.2, 0) is 32.1 Å². The highest BCUT2D eigenvalue weighted by Crippen LogP contribution is 2.63. The monoisotopic (exact) mass is 781 g/mol. The summed E-state index contributed by atoms with van der Waals surface area (Å²) < 4.78 is 15.7. The maximum atomic E-state index is 13.5. The first kappa shape index (κ1) is 42.6. The minimum Gasteiger partial charge on any atom is -0.414 e. The second-order valence-electron chi connectivity index (χ2n) is 20.3. The fourth-order valence-corrected chi connectivity index (χ4v) is 10.5. The molecule has 2 saturated carbocycles. The molecule has 3 atom stereocenters. The molecule has 298 valence electrons. The van der Waals surface area contributed by atoms with E-state index >= 15 is 0 Å². The number of rotatable bonds is 13. The van der Waals surface area contributed by atoms with E-state index in [1.54, 1.807) is 19.1 Å². The Morgan fingerprint density at radius 1 is 0.907 bits per heavy atom. The van der Waals surface area contributed by atoms with Crippen molar-refractivity contribution in [1.29, 1.82) is 0 Å². The summed E-state index contributed by atoms with van der Waals surface area (Å²) in [7, 11) is -1.87. The van der Waals surface area contributed by atoms with Crippen LogP contribution in [0.2, 0.25) is 23.3 Å². The van der Waals surface area contributed by atoms with Crippen molar-refractivity contribution in [2.75, 3.05) is 13.2 Å². The SMILES string of the molecule is Cc1cc(C(=O)c2ccc(-c3cnn(CC4(C)CC5(C)CC(C)(C)CC(OCCO[Si](C)(C)C(C)(C)C)(C4)C5)c3C)c(COOC(C)(C)C)n2)nnc1Cl. The van der Waals surface area contributed by atoms with Gasteiger partial charge in [-0.25, -0.2) is 14.8 Å². The maximum absolute atomic E-state index is 13.5. The van der Waals surface area contributed by atoms with Crippen LogP contribution in [0.4, 0.5) is 0 Å². The lowest BCUT2D eigenvalue weighted by Crippen LogP contribution is -2.57. The third-order valence-electron chi connectivity index (χ3n) is 11.6. The molecule has 0 spiro atoms. The van der Waals surface area contributed by atoms with Crippen molar-refractivity contribution in [3.05, 3.63) is 57.9 Å². The molecule has 0 saturated heterocycles. The number of ketones is 1. The minimum atomic E-state index is -1.87. The zero-order chi connectivity index (χ0) is 40.1. The van der Waals surface area contributed by atoms with Gasteiger partial charge in [-0.15, -0.1) is 10.2 Å². The van der Waals surface area contributed by atoms with Gasteiger partial charge >= 0.3 is 0 Å². The van der Waals surface area contributed by atoms with Crippen molar-refractivity contribution >= 4 is 25.7 Å². The predicted molar refractivity (Wildman–Crippen MR) is 216 cm³/mol. The number of fused-ring (bicyclic) bond motifs is 2. The standard InChI is InChI=1S/C42H64ClN5O5Si/c1-28-19-33(46-47-36(28)43)35(49)32-16-15-30(34(45-32)21-51-53-37(3,4)5)31-20-44-48(29(31)2)27-41(12)24-40(11)22-39(9,10)23-42(25-40,26-41)50-17-18-52-54(13,14)38(6,7)8/h15-16,19-20H,17-18,21-27H2,1-14H3. The topological polar surface area (TPSA) is 110 Å². The predicted octanol–water partition coefficient (Wildman–Crippen LogP) is 10.3. The van der Waals surface area contributed by atoms with Gasteiger partial charge in [-0.05, 0) is 119 Å². The molecule has 0 N–H and O–H groups in total. The minimum absolute atomic E-state index is 0.0362. The zero-order valence-electron chi connectivity index (χ0n) is 35.3. The van der Waals surface area contributed by atoms with E-state index < -0.39 is 13.9 Å². The molecule has 10 nitrogen and oxygen atoms in total. The third-order valence-corrected chi connectivity index (χ3v) is 16.5. The summed E-state index contributed by atoms with van der Waals surface area (Å²) in [6, 6.07) is 5.25. The number of ether oxygens (including phenoxy) is 1. The number of aromatic nitrogens is 5. The highest BCUT2D eigenvalue weighted by molar-refractivity contribution is 6.74. The van der Waals surface area contributed by atoms with Crippen molar-refractivity contribution in [3.63, 3.8) is 0 Å². The lowest BCUT2D eigenvalue weighted by atomic mass is 9.48. The van der Waals surface area contributed by atoms with Gasteiger partial charge in [0.05, 0.1) is 36.3 Å². The molecule has 5 rings (SSSR count). The van der Waals surface area contributed by atoms with Crippen LogP contribution in [0.5, 0.6) is 0 Å². The van der Waals surface area contributed by atoms with E-state index in [0.29, 0.717) is 24.5 Å². The molecule has 3 unspecified atom stereocenters. The maximum Gasteiger partial charge on any atom is 0.231 e. The van der Waals surface area contributed by atoms with E-state index in [2.05, 4.69) is 83.4 Å². The molecule has 0 aliphatic heterocycles. The number of pyridine rings is 1. The van der Waals surface area contributed by atoms with Gasteiger partial charge in [0, 0.05) is 23.4 Å². The molecular weight excluding hydrogens is 718 g/mol. The van der Waals surface area contributed by atoms with E-state index in [1.165, 1.54) is 6.42 Å². The van der Waals surface area contributed by atoms with Gasteiger partial charge in [0.15, 0.2) is 13.5 Å². The lowest BCUT2D eigenvalue weighted by molar-refractivity contribution is -0.356. The van der Waals surface area contributed by atoms with E-state index in [0.717, 1.165) is 49.0 Å². The molecule has 3 aromatic rings. The molecule has 0 aromatic carbocycles. The fraction of sp³-hybridized carbons (Fsp3) is 0.690. The van der Waals surface area contributed by atoms with Gasteiger partial charge in [-0.3, -0.25) is 9.48 Å². The summed E-state index contributed by atoms with van der Waals surface area (Å²) in [5, 5.41) is 13.3. The zero-order valence-corrected chi connectivity index (χ0v) is 37.1. The fourth-order valence-electron chi connectivity index (χ4n) is 9.34. The summed E-state index contributed by atoms with van der Waals surface area (Å²) in [4.78, 5) is 29.6. The summed E-state index contributed by atoms with van der Waals surface area (Å²) in [6.45, 7) is 32.8. The van der Waals surface area contributed by atoms with Gasteiger partial charge < -0.3 is 9.16 Å². The first-order valence-electron chi connectivity index (χ1n) is 19.4. The van der Waals surface area contributed by atoms with Gasteiger partial charge in [-0.1, -0.05) is 66.1 Å². The second kappa shape index (κ2) is 15.1. The molecule has 0 radical (unpaired) electrons. The highest BCUT2D eigenvalue weighted by atomic mass is 35.5. The molecule has 2 aliphatic rings. The molecule has 2 aliphatic carbocycles. The van der Waals surface area contributed by atoms with Crippen molar-refractivity contribution < 1.29 is 23.7 Å². The van der Waals surface area contributed by atoms with Crippen LogP contribution in [0.1, 0.15) is 134 Å². The molecule has 3 heterocycles. The summed E-state index contributed by atoms with van der Waals surface area (Å²) in [5.41, 5.74) is 3.95. The van der Waals surface area contributed by atoms with Gasteiger partial charge in [0.25, 0.3) is 0 Å². The van der Waals surface area contributed by atoms with Crippen LogP contribution < -0.4 is 0 Å². The van der Waals surface area contributed by atoms with E-state index in [1.807, 2.05) is 33.0 Å². The molecule has 54 heavy (non-hydrogen) atoms. The normalized spacial score (nSPS) is 24.5. The van der Waals surface area contributed by atoms with Crippen LogP contribution in [0.15, 0.2) is 24.4 Å². The van der Waals surface area contributed by atoms with E-state index in [9.17, 15) is 4.79 Å². The molecule has 0 amide bonds. The highest BCUT2D eigenvalue weighted by Gasteiger charge is 2.58. The van der Waals surface area contributed by atoms with Crippen molar-refractivity contribution in [2.45, 2.75) is 158 Å². The van der Waals surface area contributed by atoms with Gasteiger partial charge in [0.2, 0.25) is 5.78 Å². The van der Waals surface area contributed by atoms with E-state index in [-0.39, 0.29) is 55.8 Å². The Morgan fingerprint density at radius 3 is 2.26 bits per heavy atom. The Kier molecular flexibility index (Phi) is 11.9. The largest absolute Gasteiger partial charge is 0.414 e. The molecule has 3 aromatic heterocycles. The van der Waals surface area contributed by atoms with Crippen LogP contribution in [0, 0.1) is 30.1 Å². The average molecular weight is 783 g/mol. The Bertz CT molecular complexity index is 1840. The number of nitrogens with zero attached hydrogens (tertiary/aromatic N) is 5. The van der Waals surface area contributed by atoms with Crippen LogP contribution in [0.25, 0.3) is 11.1 Å². The smallest absolute Gasteiger partial charge is 0.231 e. The summed E-state index contributed by atoms with van der Waals surface area (Å²) >= 11 is 6.08. The first-order valence-corrected chi connectivity index (χ1v) is 22.7. The van der Waals surface area contributed by atoms with Crippen molar-refractivity contribution in [2.24, 2.45) is 16.2 Å². The Balaban J connectivity index is 1.41. The van der Waals surface area contributed by atoms with Crippen LogP contribution in [0.3, 0.4) is 0 Å². The number of halogens is 1. The number of hydrogen-bond acceptors (Lipinski definition) is 9. The third kappa shape index (κ3) is 9.87. The second-order valence-corrected chi connectivity index (χ2v) is 25.5. The molecular formula is C42H64ClN5O5Si. The summed E-state index contributed by atoms with van der Waals surface area (Å²) in [6.07, 6.45) is 7.23. The Morgan fingerprint density at radius 2 is 1.61 bits per heavy atom.